The van der Waals surface area contributed by atoms with Gasteiger partial charge in [0.1, 0.15) is 5.82 Å². The van der Waals surface area contributed by atoms with Crippen LogP contribution in [0.4, 0.5) is 0 Å². The number of aromatic nitrogens is 3. The molecule has 1 aliphatic rings. The molecule has 1 fully saturated rings. The molecule has 0 spiro atoms. The van der Waals surface area contributed by atoms with Crippen molar-refractivity contribution in [3.8, 4) is 0 Å². The fourth-order valence-corrected chi connectivity index (χ4v) is 1.97. The molecule has 5 heteroatoms. The molecule has 0 aliphatic heterocycles. The summed E-state index contributed by atoms with van der Waals surface area (Å²) in [5.74, 6) is 1.42. The number of hydrogen-bond donors (Lipinski definition) is 2. The summed E-state index contributed by atoms with van der Waals surface area (Å²) < 4.78 is 0. The predicted octanol–water partition coefficient (Wildman–Crippen LogP) is 1.99. The minimum absolute atomic E-state index is 0.188. The predicted molar refractivity (Wildman–Crippen MR) is 64.8 cm³/mol. The van der Waals surface area contributed by atoms with E-state index >= 15 is 0 Å². The zero-order valence-corrected chi connectivity index (χ0v) is 10.7. The van der Waals surface area contributed by atoms with Gasteiger partial charge in [0.05, 0.1) is 0 Å². The SMILES string of the molecule is CCCC(C)(C)NC(=O)c1n[nH]c(C2CC2)n1. The van der Waals surface area contributed by atoms with Crippen molar-refractivity contribution in [3.05, 3.63) is 11.6 Å². The summed E-state index contributed by atoms with van der Waals surface area (Å²) in [6.45, 7) is 6.14. The van der Waals surface area contributed by atoms with Gasteiger partial charge in [0, 0.05) is 11.5 Å². The second kappa shape index (κ2) is 4.47. The Morgan fingerprint density at radius 1 is 1.53 bits per heavy atom. The quantitative estimate of drug-likeness (QED) is 0.821. The molecule has 0 unspecified atom stereocenters. The van der Waals surface area contributed by atoms with Crippen molar-refractivity contribution in [1.82, 2.24) is 20.5 Å². The van der Waals surface area contributed by atoms with Gasteiger partial charge in [0.25, 0.3) is 5.91 Å². The lowest BCUT2D eigenvalue weighted by Gasteiger charge is -2.24. The summed E-state index contributed by atoms with van der Waals surface area (Å²) in [4.78, 5) is 16.2. The Kier molecular flexibility index (Phi) is 3.17. The number of aromatic amines is 1. The van der Waals surface area contributed by atoms with Crippen LogP contribution in [0.25, 0.3) is 0 Å². The molecule has 2 N–H and O–H groups in total. The number of nitrogens with one attached hydrogen (secondary N) is 2. The zero-order valence-electron chi connectivity index (χ0n) is 10.7. The van der Waals surface area contributed by atoms with E-state index in [4.69, 9.17) is 0 Å². The van der Waals surface area contributed by atoms with Crippen LogP contribution in [0.3, 0.4) is 0 Å². The second-order valence-electron chi connectivity index (χ2n) is 5.41. The van der Waals surface area contributed by atoms with E-state index in [2.05, 4.69) is 27.4 Å². The van der Waals surface area contributed by atoms with E-state index in [1.165, 1.54) is 0 Å². The number of amides is 1. The lowest BCUT2D eigenvalue weighted by atomic mass is 9.99. The van der Waals surface area contributed by atoms with Gasteiger partial charge in [0.2, 0.25) is 5.82 Å². The van der Waals surface area contributed by atoms with Gasteiger partial charge in [0.15, 0.2) is 0 Å². The van der Waals surface area contributed by atoms with Crippen molar-refractivity contribution < 1.29 is 4.79 Å². The van der Waals surface area contributed by atoms with E-state index in [-0.39, 0.29) is 17.3 Å². The maximum Gasteiger partial charge on any atom is 0.291 e. The summed E-state index contributed by atoms with van der Waals surface area (Å²) in [5, 5.41) is 9.78. The molecule has 0 bridgehead atoms. The largest absolute Gasteiger partial charge is 0.344 e. The highest BCUT2D eigenvalue weighted by molar-refractivity contribution is 5.90. The maximum atomic E-state index is 11.9. The molecule has 0 aromatic carbocycles. The van der Waals surface area contributed by atoms with Crippen LogP contribution in [0.15, 0.2) is 0 Å². The van der Waals surface area contributed by atoms with Crippen LogP contribution >= 0.6 is 0 Å². The first-order chi connectivity index (χ1) is 8.02. The molecule has 1 aromatic rings. The minimum atomic E-state index is -0.202. The molecule has 1 amide bonds. The van der Waals surface area contributed by atoms with Gasteiger partial charge in [-0.1, -0.05) is 13.3 Å². The molecular formula is C12H20N4O. The second-order valence-corrected chi connectivity index (χ2v) is 5.41. The van der Waals surface area contributed by atoms with Gasteiger partial charge in [-0.2, -0.15) is 0 Å². The summed E-state index contributed by atoms with van der Waals surface area (Å²) >= 11 is 0. The molecule has 17 heavy (non-hydrogen) atoms. The molecule has 1 heterocycles. The van der Waals surface area contributed by atoms with Gasteiger partial charge in [-0.3, -0.25) is 9.89 Å². The fourth-order valence-electron chi connectivity index (χ4n) is 1.97. The Morgan fingerprint density at radius 2 is 2.24 bits per heavy atom. The van der Waals surface area contributed by atoms with Crippen LogP contribution in [0, 0.1) is 0 Å². The Balaban J connectivity index is 1.98. The van der Waals surface area contributed by atoms with Crippen molar-refractivity contribution in [2.45, 2.75) is 57.9 Å². The first-order valence-corrected chi connectivity index (χ1v) is 6.26. The standard InChI is InChI=1S/C12H20N4O/c1-4-7-12(2,3)14-11(17)10-13-9(15-16-10)8-5-6-8/h8H,4-7H2,1-3H3,(H,14,17)(H,13,15,16). The van der Waals surface area contributed by atoms with Crippen LogP contribution < -0.4 is 5.32 Å². The molecule has 0 atom stereocenters. The van der Waals surface area contributed by atoms with Gasteiger partial charge in [-0.15, -0.1) is 5.10 Å². The summed E-state index contributed by atoms with van der Waals surface area (Å²) in [5.41, 5.74) is -0.202. The number of carbonyl (C=O) groups excluding carboxylic acids is 1. The van der Waals surface area contributed by atoms with Crippen molar-refractivity contribution in [1.29, 1.82) is 0 Å². The first kappa shape index (κ1) is 12.1. The van der Waals surface area contributed by atoms with Crippen LogP contribution in [0.2, 0.25) is 0 Å². The first-order valence-electron chi connectivity index (χ1n) is 6.26. The molecule has 2 rings (SSSR count). The van der Waals surface area contributed by atoms with Crippen LogP contribution in [0.5, 0.6) is 0 Å². The summed E-state index contributed by atoms with van der Waals surface area (Å²) in [7, 11) is 0. The molecule has 0 saturated heterocycles. The van der Waals surface area contributed by atoms with E-state index in [0.717, 1.165) is 31.5 Å². The summed E-state index contributed by atoms with van der Waals surface area (Å²) in [6.07, 6.45) is 4.28. The van der Waals surface area contributed by atoms with E-state index < -0.39 is 0 Å². The van der Waals surface area contributed by atoms with Crippen LogP contribution in [0.1, 0.15) is 68.8 Å². The van der Waals surface area contributed by atoms with Crippen molar-refractivity contribution in [2.75, 3.05) is 0 Å². The molecule has 1 aromatic heterocycles. The monoisotopic (exact) mass is 236 g/mol. The molecule has 5 nitrogen and oxygen atoms in total. The fraction of sp³-hybridized carbons (Fsp3) is 0.750. The van der Waals surface area contributed by atoms with E-state index in [1.54, 1.807) is 0 Å². The third-order valence-electron chi connectivity index (χ3n) is 3.00. The minimum Gasteiger partial charge on any atom is -0.344 e. The van der Waals surface area contributed by atoms with Gasteiger partial charge >= 0.3 is 0 Å². The summed E-state index contributed by atoms with van der Waals surface area (Å²) in [6, 6.07) is 0. The molecule has 1 saturated carbocycles. The van der Waals surface area contributed by atoms with Crippen molar-refractivity contribution in [2.24, 2.45) is 0 Å². The normalized spacial score (nSPS) is 15.9. The Labute approximate surface area is 101 Å². The highest BCUT2D eigenvalue weighted by Crippen LogP contribution is 2.37. The topological polar surface area (TPSA) is 70.7 Å². The highest BCUT2D eigenvalue weighted by atomic mass is 16.2. The molecule has 1 aliphatic carbocycles. The van der Waals surface area contributed by atoms with Gasteiger partial charge in [-0.05, 0) is 33.1 Å². The lowest BCUT2D eigenvalue weighted by molar-refractivity contribution is 0.0898. The lowest BCUT2D eigenvalue weighted by Crippen LogP contribution is -2.43. The Hall–Kier alpha value is -1.39. The number of rotatable bonds is 5. The van der Waals surface area contributed by atoms with Gasteiger partial charge in [-0.25, -0.2) is 4.98 Å². The van der Waals surface area contributed by atoms with E-state index in [0.29, 0.717) is 5.92 Å². The Morgan fingerprint density at radius 3 is 2.82 bits per heavy atom. The van der Waals surface area contributed by atoms with Gasteiger partial charge < -0.3 is 5.32 Å². The number of carbonyl (C=O) groups is 1. The van der Waals surface area contributed by atoms with Crippen molar-refractivity contribution >= 4 is 5.91 Å². The van der Waals surface area contributed by atoms with Crippen LogP contribution in [-0.4, -0.2) is 26.6 Å². The number of H-pyrrole nitrogens is 1. The molecule has 0 radical (unpaired) electrons. The van der Waals surface area contributed by atoms with E-state index in [9.17, 15) is 4.79 Å². The third-order valence-corrected chi connectivity index (χ3v) is 3.00. The molecule has 94 valence electrons. The zero-order chi connectivity index (χ0) is 12.5. The number of nitrogens with zero attached hydrogens (tertiary/aromatic N) is 2. The van der Waals surface area contributed by atoms with Crippen LogP contribution in [-0.2, 0) is 0 Å². The highest BCUT2D eigenvalue weighted by Gasteiger charge is 2.29. The average molecular weight is 236 g/mol. The Bertz CT molecular complexity index is 406. The maximum absolute atomic E-state index is 11.9. The number of hydrogen-bond acceptors (Lipinski definition) is 3. The van der Waals surface area contributed by atoms with E-state index in [1.807, 2.05) is 13.8 Å². The van der Waals surface area contributed by atoms with Crippen molar-refractivity contribution in [3.63, 3.8) is 0 Å². The smallest absolute Gasteiger partial charge is 0.291 e. The molecular weight excluding hydrogens is 216 g/mol. The third kappa shape index (κ3) is 3.05. The average Bonchev–Trinajstić information content (AvgIpc) is 2.95.